The van der Waals surface area contributed by atoms with E-state index in [1.54, 1.807) is 0 Å². The molecule has 0 radical (unpaired) electrons. The second-order valence-corrected chi connectivity index (χ2v) is 6.33. The Morgan fingerprint density at radius 2 is 1.33 bits per heavy atom. The van der Waals surface area contributed by atoms with Gasteiger partial charge in [-0.2, -0.15) is 0 Å². The van der Waals surface area contributed by atoms with Crippen LogP contribution in [0.5, 0.6) is 0 Å². The first-order valence-electron chi connectivity index (χ1n) is 5.24. The van der Waals surface area contributed by atoms with Crippen LogP contribution in [0, 0.1) is 0 Å². The van der Waals surface area contributed by atoms with Crippen LogP contribution in [-0.2, 0) is 0 Å². The lowest BCUT2D eigenvalue weighted by Gasteiger charge is -2.11. The van der Waals surface area contributed by atoms with Crippen molar-refractivity contribution in [2.24, 2.45) is 0 Å². The lowest BCUT2D eigenvalue weighted by Crippen LogP contribution is -1.84. The first-order valence-corrected chi connectivity index (χ1v) is 7.59. The summed E-state index contributed by atoms with van der Waals surface area (Å²) in [6, 6.07) is 11.9. The Balaban J connectivity index is 2.67. The van der Waals surface area contributed by atoms with Crippen LogP contribution in [0.2, 0.25) is 10.0 Å². The summed E-state index contributed by atoms with van der Waals surface area (Å²) in [5, 5.41) is 5.39. The Labute approximate surface area is 131 Å². The van der Waals surface area contributed by atoms with Gasteiger partial charge in [0.15, 0.2) is 0 Å². The molecule has 0 amide bonds. The SMILES string of the molecule is Clc1ccc2c(Br)c3ccccc3c(Br)c2c1Cl. The smallest absolute Gasteiger partial charge is 0.0682 e. The summed E-state index contributed by atoms with van der Waals surface area (Å²) in [4.78, 5) is 0. The average molecular weight is 405 g/mol. The van der Waals surface area contributed by atoms with Crippen LogP contribution in [-0.4, -0.2) is 0 Å². The molecular weight excluding hydrogens is 399 g/mol. The Bertz CT molecular complexity index is 782. The number of halogens is 4. The third-order valence-electron chi connectivity index (χ3n) is 2.95. The average Bonchev–Trinajstić information content (AvgIpc) is 2.39. The molecular formula is C14H6Br2Cl2. The summed E-state index contributed by atoms with van der Waals surface area (Å²) in [7, 11) is 0. The summed E-state index contributed by atoms with van der Waals surface area (Å²) in [5.74, 6) is 0. The quantitative estimate of drug-likeness (QED) is 0.360. The maximum atomic E-state index is 6.32. The molecule has 0 aliphatic rings. The zero-order valence-corrected chi connectivity index (χ0v) is 13.7. The van der Waals surface area contributed by atoms with Crippen LogP contribution < -0.4 is 0 Å². The molecule has 0 saturated heterocycles. The van der Waals surface area contributed by atoms with E-state index in [9.17, 15) is 0 Å². The fourth-order valence-electron chi connectivity index (χ4n) is 2.09. The van der Waals surface area contributed by atoms with Gasteiger partial charge in [-0.1, -0.05) is 53.5 Å². The Hall–Kier alpha value is -0.280. The van der Waals surface area contributed by atoms with Gasteiger partial charge in [-0.05, 0) is 54.1 Å². The van der Waals surface area contributed by atoms with Gasteiger partial charge < -0.3 is 0 Å². The van der Waals surface area contributed by atoms with Gasteiger partial charge >= 0.3 is 0 Å². The van der Waals surface area contributed by atoms with Gasteiger partial charge in [-0.15, -0.1) is 0 Å². The van der Waals surface area contributed by atoms with Crippen molar-refractivity contribution in [3.05, 3.63) is 55.4 Å². The highest BCUT2D eigenvalue weighted by Gasteiger charge is 2.14. The molecule has 0 bridgehead atoms. The molecule has 0 saturated carbocycles. The van der Waals surface area contributed by atoms with Gasteiger partial charge in [0.05, 0.1) is 10.0 Å². The zero-order valence-electron chi connectivity index (χ0n) is 8.98. The van der Waals surface area contributed by atoms with Crippen LogP contribution in [0.1, 0.15) is 0 Å². The molecule has 4 heteroatoms. The highest BCUT2D eigenvalue weighted by atomic mass is 79.9. The van der Waals surface area contributed by atoms with E-state index in [-0.39, 0.29) is 0 Å². The van der Waals surface area contributed by atoms with E-state index in [1.807, 2.05) is 24.3 Å². The molecule has 0 fully saturated rings. The second-order valence-electron chi connectivity index (χ2n) is 3.96. The molecule has 0 nitrogen and oxygen atoms in total. The summed E-state index contributed by atoms with van der Waals surface area (Å²) >= 11 is 19.7. The summed E-state index contributed by atoms with van der Waals surface area (Å²) in [6.45, 7) is 0. The molecule has 90 valence electrons. The molecule has 0 N–H and O–H groups in total. The lowest BCUT2D eigenvalue weighted by atomic mass is 10.0. The van der Waals surface area contributed by atoms with Crippen LogP contribution in [0.4, 0.5) is 0 Å². The van der Waals surface area contributed by atoms with Crippen molar-refractivity contribution in [2.45, 2.75) is 0 Å². The largest absolute Gasteiger partial charge is 0.0827 e. The Kier molecular flexibility index (Phi) is 3.31. The molecule has 0 spiro atoms. The first-order chi connectivity index (χ1) is 8.61. The third-order valence-corrected chi connectivity index (χ3v) is 5.43. The van der Waals surface area contributed by atoms with Crippen molar-refractivity contribution in [3.63, 3.8) is 0 Å². The van der Waals surface area contributed by atoms with E-state index in [0.717, 1.165) is 30.5 Å². The van der Waals surface area contributed by atoms with Crippen LogP contribution in [0.3, 0.4) is 0 Å². The molecule has 3 aromatic carbocycles. The highest BCUT2D eigenvalue weighted by molar-refractivity contribution is 9.11. The van der Waals surface area contributed by atoms with Crippen molar-refractivity contribution in [1.29, 1.82) is 0 Å². The van der Waals surface area contributed by atoms with Gasteiger partial charge in [-0.3, -0.25) is 0 Å². The van der Waals surface area contributed by atoms with Crippen LogP contribution in [0.25, 0.3) is 21.5 Å². The van der Waals surface area contributed by atoms with Crippen LogP contribution in [0.15, 0.2) is 45.3 Å². The number of fused-ring (bicyclic) bond motifs is 2. The van der Waals surface area contributed by atoms with E-state index in [1.165, 1.54) is 0 Å². The number of benzene rings is 3. The molecule has 0 aromatic heterocycles. The summed E-state index contributed by atoms with van der Waals surface area (Å²) < 4.78 is 2.01. The Morgan fingerprint density at radius 3 is 2.00 bits per heavy atom. The number of rotatable bonds is 0. The monoisotopic (exact) mass is 402 g/mol. The topological polar surface area (TPSA) is 0 Å². The molecule has 0 aliphatic heterocycles. The molecule has 0 atom stereocenters. The normalized spacial score (nSPS) is 11.3. The van der Waals surface area contributed by atoms with Crippen LogP contribution >= 0.6 is 55.1 Å². The van der Waals surface area contributed by atoms with Gasteiger partial charge in [-0.25, -0.2) is 0 Å². The predicted molar refractivity (Wildman–Crippen MR) is 86.9 cm³/mol. The molecule has 3 rings (SSSR count). The minimum absolute atomic E-state index is 0.562. The number of hydrogen-bond acceptors (Lipinski definition) is 0. The standard InChI is InChI=1S/C14H6Br2Cl2/c15-12-7-3-1-2-4-8(7)13(16)11-9(12)5-6-10(17)14(11)18/h1-6H. The zero-order chi connectivity index (χ0) is 12.9. The van der Waals surface area contributed by atoms with Crippen molar-refractivity contribution < 1.29 is 0 Å². The van der Waals surface area contributed by atoms with E-state index in [4.69, 9.17) is 23.2 Å². The lowest BCUT2D eigenvalue weighted by molar-refractivity contribution is 1.71. The summed E-state index contributed by atoms with van der Waals surface area (Å²) in [5.41, 5.74) is 0. The van der Waals surface area contributed by atoms with Gasteiger partial charge in [0.25, 0.3) is 0 Å². The van der Waals surface area contributed by atoms with E-state index in [0.29, 0.717) is 10.0 Å². The summed E-state index contributed by atoms with van der Waals surface area (Å²) in [6.07, 6.45) is 0. The molecule has 0 aliphatic carbocycles. The first kappa shape index (κ1) is 12.7. The second kappa shape index (κ2) is 4.68. The van der Waals surface area contributed by atoms with E-state index < -0.39 is 0 Å². The van der Waals surface area contributed by atoms with Gasteiger partial charge in [0.1, 0.15) is 0 Å². The van der Waals surface area contributed by atoms with Crippen molar-refractivity contribution in [1.82, 2.24) is 0 Å². The maximum Gasteiger partial charge on any atom is 0.0682 e. The fraction of sp³-hybridized carbons (Fsp3) is 0. The minimum Gasteiger partial charge on any atom is -0.0827 e. The molecule has 3 aromatic rings. The fourth-order valence-corrected chi connectivity index (χ4v) is 4.06. The number of hydrogen-bond donors (Lipinski definition) is 0. The maximum absolute atomic E-state index is 6.32. The minimum atomic E-state index is 0.562. The van der Waals surface area contributed by atoms with E-state index in [2.05, 4.69) is 44.0 Å². The van der Waals surface area contributed by atoms with Crippen molar-refractivity contribution in [3.8, 4) is 0 Å². The molecule has 18 heavy (non-hydrogen) atoms. The highest BCUT2D eigenvalue weighted by Crippen LogP contribution is 2.44. The third kappa shape index (κ3) is 1.78. The molecule has 0 heterocycles. The van der Waals surface area contributed by atoms with Gasteiger partial charge in [0, 0.05) is 14.3 Å². The van der Waals surface area contributed by atoms with Crippen molar-refractivity contribution in [2.75, 3.05) is 0 Å². The van der Waals surface area contributed by atoms with Crippen molar-refractivity contribution >= 4 is 76.6 Å². The Morgan fingerprint density at radius 1 is 0.722 bits per heavy atom. The predicted octanol–water partition coefficient (Wildman–Crippen LogP) is 6.82. The van der Waals surface area contributed by atoms with Gasteiger partial charge in [0.2, 0.25) is 0 Å². The van der Waals surface area contributed by atoms with E-state index >= 15 is 0 Å². The molecule has 0 unspecified atom stereocenters.